The number of hydrogen-bond acceptors (Lipinski definition) is 2. The highest BCUT2D eigenvalue weighted by molar-refractivity contribution is 5.88. The largest absolute Gasteiger partial charge is 0.493 e. The number of hydrogen-bond donors (Lipinski definition) is 0. The van der Waals surface area contributed by atoms with E-state index in [1.165, 1.54) is 0 Å². The second kappa shape index (κ2) is 4.56. The van der Waals surface area contributed by atoms with E-state index in [-0.39, 0.29) is 0 Å². The van der Waals surface area contributed by atoms with Gasteiger partial charge in [0, 0.05) is 7.05 Å². The minimum Gasteiger partial charge on any atom is -0.493 e. The molecule has 0 atom stereocenters. The summed E-state index contributed by atoms with van der Waals surface area (Å²) in [6, 6.07) is 6.11. The van der Waals surface area contributed by atoms with Crippen molar-refractivity contribution in [3.63, 3.8) is 0 Å². The van der Waals surface area contributed by atoms with Gasteiger partial charge in [-0.15, -0.1) is 0 Å². The van der Waals surface area contributed by atoms with Gasteiger partial charge in [0.2, 0.25) is 0 Å². The molecule has 0 aliphatic rings. The van der Waals surface area contributed by atoms with E-state index < -0.39 is 0 Å². The molecule has 16 heavy (non-hydrogen) atoms. The standard InChI is InChI=1S/C13H18N2O/c1-4-5-9-16-12-8-6-7-11-13(12)10(2)14-15(11)3/h6-8H,4-5,9H2,1-3H3. The zero-order valence-electron chi connectivity index (χ0n) is 10.2. The van der Waals surface area contributed by atoms with Crippen molar-refractivity contribution in [1.29, 1.82) is 0 Å². The molecule has 0 aliphatic heterocycles. The first-order chi connectivity index (χ1) is 7.74. The quantitative estimate of drug-likeness (QED) is 0.737. The van der Waals surface area contributed by atoms with Crippen LogP contribution < -0.4 is 4.74 Å². The van der Waals surface area contributed by atoms with Crippen LogP contribution in [-0.2, 0) is 7.05 Å². The molecule has 0 unspecified atom stereocenters. The molecule has 1 aromatic heterocycles. The summed E-state index contributed by atoms with van der Waals surface area (Å²) in [6.45, 7) is 4.97. The second-order valence-corrected chi connectivity index (χ2v) is 4.06. The molecule has 2 rings (SSSR count). The molecule has 3 nitrogen and oxygen atoms in total. The third-order valence-electron chi connectivity index (χ3n) is 2.77. The van der Waals surface area contributed by atoms with Crippen molar-refractivity contribution in [2.75, 3.05) is 6.61 Å². The number of nitrogens with zero attached hydrogens (tertiary/aromatic N) is 2. The first-order valence-corrected chi connectivity index (χ1v) is 5.79. The first kappa shape index (κ1) is 11.0. The Morgan fingerprint density at radius 2 is 2.19 bits per heavy atom. The molecular weight excluding hydrogens is 200 g/mol. The fourth-order valence-corrected chi connectivity index (χ4v) is 1.93. The lowest BCUT2D eigenvalue weighted by Gasteiger charge is -2.06. The second-order valence-electron chi connectivity index (χ2n) is 4.06. The van der Waals surface area contributed by atoms with Gasteiger partial charge < -0.3 is 4.74 Å². The van der Waals surface area contributed by atoms with Crippen LogP contribution in [0.1, 0.15) is 25.5 Å². The van der Waals surface area contributed by atoms with E-state index in [0.29, 0.717) is 0 Å². The van der Waals surface area contributed by atoms with Crippen molar-refractivity contribution in [1.82, 2.24) is 9.78 Å². The predicted octanol–water partition coefficient (Wildman–Crippen LogP) is 3.06. The minimum atomic E-state index is 0.782. The van der Waals surface area contributed by atoms with E-state index in [1.54, 1.807) is 0 Å². The predicted molar refractivity (Wildman–Crippen MR) is 65.9 cm³/mol. The SMILES string of the molecule is CCCCOc1cccc2c1c(C)nn2C. The molecule has 1 heterocycles. The van der Waals surface area contributed by atoms with E-state index in [2.05, 4.69) is 18.1 Å². The maximum Gasteiger partial charge on any atom is 0.130 e. The summed E-state index contributed by atoms with van der Waals surface area (Å²) in [5, 5.41) is 5.56. The van der Waals surface area contributed by atoms with Crippen molar-refractivity contribution in [3.8, 4) is 5.75 Å². The Morgan fingerprint density at radius 3 is 2.94 bits per heavy atom. The van der Waals surface area contributed by atoms with Crippen molar-refractivity contribution in [2.24, 2.45) is 7.05 Å². The van der Waals surface area contributed by atoms with E-state index in [4.69, 9.17) is 4.74 Å². The van der Waals surface area contributed by atoms with Crippen LogP contribution in [-0.4, -0.2) is 16.4 Å². The Kier molecular flexibility index (Phi) is 3.13. The number of rotatable bonds is 4. The van der Waals surface area contributed by atoms with Crippen molar-refractivity contribution in [3.05, 3.63) is 23.9 Å². The molecule has 0 radical (unpaired) electrons. The Hall–Kier alpha value is -1.51. The van der Waals surface area contributed by atoms with Crippen molar-refractivity contribution in [2.45, 2.75) is 26.7 Å². The maximum atomic E-state index is 5.80. The molecule has 1 aromatic carbocycles. The molecule has 0 saturated carbocycles. The highest BCUT2D eigenvalue weighted by Crippen LogP contribution is 2.28. The van der Waals surface area contributed by atoms with Gasteiger partial charge in [-0.25, -0.2) is 0 Å². The van der Waals surface area contributed by atoms with Gasteiger partial charge in [-0.05, 0) is 25.5 Å². The Bertz CT molecular complexity index is 488. The van der Waals surface area contributed by atoms with Crippen molar-refractivity contribution < 1.29 is 4.74 Å². The monoisotopic (exact) mass is 218 g/mol. The molecule has 0 spiro atoms. The molecule has 0 bridgehead atoms. The highest BCUT2D eigenvalue weighted by atomic mass is 16.5. The van der Waals surface area contributed by atoms with E-state index in [9.17, 15) is 0 Å². The number of aromatic nitrogens is 2. The third kappa shape index (κ3) is 1.90. The molecule has 0 N–H and O–H groups in total. The van der Waals surface area contributed by atoms with E-state index in [0.717, 1.165) is 41.8 Å². The zero-order chi connectivity index (χ0) is 11.5. The lowest BCUT2D eigenvalue weighted by Crippen LogP contribution is -1.97. The van der Waals surface area contributed by atoms with Crippen LogP contribution in [0.5, 0.6) is 5.75 Å². The Balaban J connectivity index is 2.37. The molecule has 0 amide bonds. The van der Waals surface area contributed by atoms with Crippen LogP contribution in [0.2, 0.25) is 0 Å². The summed E-state index contributed by atoms with van der Waals surface area (Å²) >= 11 is 0. The zero-order valence-corrected chi connectivity index (χ0v) is 10.2. The van der Waals surface area contributed by atoms with Gasteiger partial charge in [0.05, 0.1) is 23.2 Å². The fourth-order valence-electron chi connectivity index (χ4n) is 1.93. The first-order valence-electron chi connectivity index (χ1n) is 5.79. The lowest BCUT2D eigenvalue weighted by atomic mass is 10.2. The molecule has 0 saturated heterocycles. The van der Waals surface area contributed by atoms with Crippen LogP contribution in [0.15, 0.2) is 18.2 Å². The maximum absolute atomic E-state index is 5.80. The van der Waals surface area contributed by atoms with Crippen LogP contribution >= 0.6 is 0 Å². The van der Waals surface area contributed by atoms with E-state index >= 15 is 0 Å². The van der Waals surface area contributed by atoms with Gasteiger partial charge in [0.25, 0.3) is 0 Å². The molecule has 2 aromatic rings. The van der Waals surface area contributed by atoms with Gasteiger partial charge in [0.15, 0.2) is 0 Å². The summed E-state index contributed by atoms with van der Waals surface area (Å²) < 4.78 is 7.70. The van der Waals surface area contributed by atoms with Gasteiger partial charge in [0.1, 0.15) is 5.75 Å². The average Bonchev–Trinajstić information content (AvgIpc) is 2.56. The summed E-state index contributed by atoms with van der Waals surface area (Å²) in [6.07, 6.45) is 2.25. The number of unbranched alkanes of at least 4 members (excludes halogenated alkanes) is 1. The molecule has 0 fully saturated rings. The number of benzene rings is 1. The Labute approximate surface area is 96.0 Å². The van der Waals surface area contributed by atoms with Crippen LogP contribution in [0.4, 0.5) is 0 Å². The number of fused-ring (bicyclic) bond motifs is 1. The lowest BCUT2D eigenvalue weighted by molar-refractivity contribution is 0.313. The van der Waals surface area contributed by atoms with Crippen LogP contribution in [0.3, 0.4) is 0 Å². The summed E-state index contributed by atoms with van der Waals surface area (Å²) in [4.78, 5) is 0. The van der Waals surface area contributed by atoms with Crippen LogP contribution in [0, 0.1) is 6.92 Å². The van der Waals surface area contributed by atoms with Crippen LogP contribution in [0.25, 0.3) is 10.9 Å². The third-order valence-corrected chi connectivity index (χ3v) is 2.77. The topological polar surface area (TPSA) is 27.1 Å². The molecule has 86 valence electrons. The normalized spacial score (nSPS) is 10.9. The molecular formula is C13H18N2O. The molecule has 0 aliphatic carbocycles. The Morgan fingerprint density at radius 1 is 1.38 bits per heavy atom. The summed E-state index contributed by atoms with van der Waals surface area (Å²) in [7, 11) is 1.96. The number of ether oxygens (including phenoxy) is 1. The van der Waals surface area contributed by atoms with E-state index in [1.807, 2.05) is 30.8 Å². The van der Waals surface area contributed by atoms with Gasteiger partial charge in [-0.2, -0.15) is 5.10 Å². The summed E-state index contributed by atoms with van der Waals surface area (Å²) in [5.41, 5.74) is 2.16. The average molecular weight is 218 g/mol. The highest BCUT2D eigenvalue weighted by Gasteiger charge is 2.09. The molecule has 3 heteroatoms. The fraction of sp³-hybridized carbons (Fsp3) is 0.462. The minimum absolute atomic E-state index is 0.782. The number of aryl methyl sites for hydroxylation is 2. The van der Waals surface area contributed by atoms with Gasteiger partial charge >= 0.3 is 0 Å². The van der Waals surface area contributed by atoms with Crippen molar-refractivity contribution >= 4 is 10.9 Å². The smallest absolute Gasteiger partial charge is 0.130 e. The summed E-state index contributed by atoms with van der Waals surface area (Å²) in [5.74, 6) is 0.955. The van der Waals surface area contributed by atoms with Gasteiger partial charge in [-0.1, -0.05) is 19.4 Å². The van der Waals surface area contributed by atoms with Gasteiger partial charge in [-0.3, -0.25) is 4.68 Å².